The Morgan fingerprint density at radius 3 is 2.04 bits per heavy atom. The molecule has 2 N–H and O–H groups in total. The van der Waals surface area contributed by atoms with Gasteiger partial charge in [-0.3, -0.25) is 4.79 Å². The molecule has 0 spiro atoms. The van der Waals surface area contributed by atoms with Crippen molar-refractivity contribution < 1.29 is 24.2 Å². The standard InChI is InChI=1S/C19H21NO5/c1-12-16(24-2)10-15(11-17(12)25-3)18(21)20-9-8-13-4-6-14(7-5-13)19(22)23/h4-7,10-11H,8-9H2,1-3H3,(H,20,21)(H,22,23). The molecular weight excluding hydrogens is 322 g/mol. The maximum absolute atomic E-state index is 12.3. The van der Waals surface area contributed by atoms with Crippen LogP contribution in [0.3, 0.4) is 0 Å². The van der Waals surface area contributed by atoms with Crippen molar-refractivity contribution in [3.05, 3.63) is 58.7 Å². The van der Waals surface area contributed by atoms with Gasteiger partial charge in [0, 0.05) is 17.7 Å². The zero-order chi connectivity index (χ0) is 18.4. The molecule has 25 heavy (non-hydrogen) atoms. The normalized spacial score (nSPS) is 10.2. The average molecular weight is 343 g/mol. The smallest absolute Gasteiger partial charge is 0.335 e. The van der Waals surface area contributed by atoms with Crippen molar-refractivity contribution in [2.75, 3.05) is 20.8 Å². The highest BCUT2D eigenvalue weighted by atomic mass is 16.5. The van der Waals surface area contributed by atoms with Gasteiger partial charge >= 0.3 is 5.97 Å². The van der Waals surface area contributed by atoms with Gasteiger partial charge in [-0.15, -0.1) is 0 Å². The summed E-state index contributed by atoms with van der Waals surface area (Å²) >= 11 is 0. The van der Waals surface area contributed by atoms with Gasteiger partial charge in [0.25, 0.3) is 5.91 Å². The zero-order valence-corrected chi connectivity index (χ0v) is 14.5. The first kappa shape index (κ1) is 18.3. The number of carboxylic acids is 1. The van der Waals surface area contributed by atoms with Crippen molar-refractivity contribution in [1.82, 2.24) is 5.32 Å². The fourth-order valence-electron chi connectivity index (χ4n) is 2.45. The first-order chi connectivity index (χ1) is 12.0. The van der Waals surface area contributed by atoms with Crippen LogP contribution in [-0.4, -0.2) is 37.7 Å². The monoisotopic (exact) mass is 343 g/mol. The van der Waals surface area contributed by atoms with E-state index in [1.165, 1.54) is 0 Å². The van der Waals surface area contributed by atoms with Crippen molar-refractivity contribution in [3.63, 3.8) is 0 Å². The first-order valence-electron chi connectivity index (χ1n) is 7.79. The first-order valence-corrected chi connectivity index (χ1v) is 7.79. The number of ether oxygens (including phenoxy) is 2. The molecule has 2 aromatic rings. The largest absolute Gasteiger partial charge is 0.496 e. The van der Waals surface area contributed by atoms with Crippen molar-refractivity contribution in [3.8, 4) is 11.5 Å². The Morgan fingerprint density at radius 2 is 1.56 bits per heavy atom. The third-order valence-electron chi connectivity index (χ3n) is 3.91. The number of hydrogen-bond donors (Lipinski definition) is 2. The average Bonchev–Trinajstić information content (AvgIpc) is 2.62. The van der Waals surface area contributed by atoms with E-state index >= 15 is 0 Å². The molecule has 0 radical (unpaired) electrons. The Labute approximate surface area is 146 Å². The summed E-state index contributed by atoms with van der Waals surface area (Å²) in [6.45, 7) is 2.30. The minimum atomic E-state index is -0.956. The number of hydrogen-bond acceptors (Lipinski definition) is 4. The van der Waals surface area contributed by atoms with Crippen LogP contribution in [0.2, 0.25) is 0 Å². The molecule has 0 bridgehead atoms. The van der Waals surface area contributed by atoms with E-state index in [1.807, 2.05) is 6.92 Å². The summed E-state index contributed by atoms with van der Waals surface area (Å²) in [7, 11) is 3.09. The molecule has 0 aromatic heterocycles. The fourth-order valence-corrected chi connectivity index (χ4v) is 2.45. The summed E-state index contributed by atoms with van der Waals surface area (Å²) in [4.78, 5) is 23.1. The molecular formula is C19H21NO5. The highest BCUT2D eigenvalue weighted by Gasteiger charge is 2.13. The molecule has 0 atom stereocenters. The summed E-state index contributed by atoms with van der Waals surface area (Å²) in [6.07, 6.45) is 0.603. The van der Waals surface area contributed by atoms with Crippen LogP contribution in [-0.2, 0) is 6.42 Å². The molecule has 0 aliphatic rings. The second-order valence-corrected chi connectivity index (χ2v) is 5.51. The second-order valence-electron chi connectivity index (χ2n) is 5.51. The Bertz CT molecular complexity index is 743. The van der Waals surface area contributed by atoms with Gasteiger partial charge < -0.3 is 19.9 Å². The van der Waals surface area contributed by atoms with Crippen molar-refractivity contribution in [2.24, 2.45) is 0 Å². The van der Waals surface area contributed by atoms with Gasteiger partial charge in [0.2, 0.25) is 0 Å². The highest BCUT2D eigenvalue weighted by Crippen LogP contribution is 2.29. The number of nitrogens with one attached hydrogen (secondary N) is 1. The van der Waals surface area contributed by atoms with Crippen molar-refractivity contribution >= 4 is 11.9 Å². The van der Waals surface area contributed by atoms with Gasteiger partial charge in [-0.05, 0) is 43.2 Å². The van der Waals surface area contributed by atoms with Gasteiger partial charge in [0.1, 0.15) is 11.5 Å². The van der Waals surface area contributed by atoms with Gasteiger partial charge in [-0.2, -0.15) is 0 Å². The third-order valence-corrected chi connectivity index (χ3v) is 3.91. The van der Waals surface area contributed by atoms with Gasteiger partial charge in [-0.1, -0.05) is 12.1 Å². The molecule has 1 amide bonds. The number of rotatable bonds is 7. The maximum atomic E-state index is 12.3. The summed E-state index contributed by atoms with van der Waals surface area (Å²) in [5.41, 5.74) is 2.48. The molecule has 0 saturated carbocycles. The topological polar surface area (TPSA) is 84.9 Å². The number of carbonyl (C=O) groups is 2. The number of carbonyl (C=O) groups excluding carboxylic acids is 1. The van der Waals surface area contributed by atoms with Crippen LogP contribution in [0.15, 0.2) is 36.4 Å². The van der Waals surface area contributed by atoms with E-state index in [0.717, 1.165) is 11.1 Å². The predicted molar refractivity (Wildman–Crippen MR) is 93.7 cm³/mol. The molecule has 6 nitrogen and oxygen atoms in total. The number of benzene rings is 2. The van der Waals surface area contributed by atoms with Crippen LogP contribution in [0.5, 0.6) is 11.5 Å². The van der Waals surface area contributed by atoms with Crippen LogP contribution < -0.4 is 14.8 Å². The minimum absolute atomic E-state index is 0.223. The number of methoxy groups -OCH3 is 2. The molecule has 0 heterocycles. The summed E-state index contributed by atoms with van der Waals surface area (Å²) in [5, 5.41) is 11.7. The quantitative estimate of drug-likeness (QED) is 0.807. The number of amides is 1. The molecule has 2 rings (SSSR count). The lowest BCUT2D eigenvalue weighted by Crippen LogP contribution is -2.25. The van der Waals surface area contributed by atoms with E-state index in [9.17, 15) is 9.59 Å². The lowest BCUT2D eigenvalue weighted by Gasteiger charge is -2.12. The van der Waals surface area contributed by atoms with E-state index in [4.69, 9.17) is 14.6 Å². The number of carboxylic acid groups (broad SMARTS) is 1. The summed E-state index contributed by atoms with van der Waals surface area (Å²) < 4.78 is 10.5. The van der Waals surface area contributed by atoms with Gasteiger partial charge in [0.15, 0.2) is 0 Å². The van der Waals surface area contributed by atoms with Crippen LogP contribution in [0.25, 0.3) is 0 Å². The molecule has 0 fully saturated rings. The molecule has 2 aromatic carbocycles. The van der Waals surface area contributed by atoms with E-state index in [2.05, 4.69) is 5.32 Å². The SMILES string of the molecule is COc1cc(C(=O)NCCc2ccc(C(=O)O)cc2)cc(OC)c1C. The molecule has 6 heteroatoms. The Hall–Kier alpha value is -3.02. The Kier molecular flexibility index (Phi) is 6.00. The van der Waals surface area contributed by atoms with Crippen LogP contribution in [0.4, 0.5) is 0 Å². The molecule has 0 unspecified atom stereocenters. The van der Waals surface area contributed by atoms with E-state index < -0.39 is 5.97 Å². The Morgan fingerprint density at radius 1 is 1.00 bits per heavy atom. The van der Waals surface area contributed by atoms with Gasteiger partial charge in [0.05, 0.1) is 19.8 Å². The molecule has 0 aliphatic heterocycles. The van der Waals surface area contributed by atoms with Gasteiger partial charge in [-0.25, -0.2) is 4.79 Å². The third kappa shape index (κ3) is 4.50. The molecule has 0 saturated heterocycles. The van der Waals surface area contributed by atoms with Crippen LogP contribution in [0, 0.1) is 6.92 Å². The van der Waals surface area contributed by atoms with E-state index in [-0.39, 0.29) is 11.5 Å². The summed E-state index contributed by atoms with van der Waals surface area (Å²) in [5.74, 6) is 0.00314. The lowest BCUT2D eigenvalue weighted by atomic mass is 10.1. The van der Waals surface area contributed by atoms with Crippen molar-refractivity contribution in [1.29, 1.82) is 0 Å². The minimum Gasteiger partial charge on any atom is -0.496 e. The zero-order valence-electron chi connectivity index (χ0n) is 14.5. The second kappa shape index (κ2) is 8.19. The lowest BCUT2D eigenvalue weighted by molar-refractivity contribution is 0.0696. The maximum Gasteiger partial charge on any atom is 0.335 e. The summed E-state index contributed by atoms with van der Waals surface area (Å²) in [6, 6.07) is 9.94. The predicted octanol–water partition coefficient (Wildman–Crippen LogP) is 2.68. The fraction of sp³-hybridized carbons (Fsp3) is 0.263. The van der Waals surface area contributed by atoms with Crippen molar-refractivity contribution in [2.45, 2.75) is 13.3 Å². The molecule has 0 aliphatic carbocycles. The van der Waals surface area contributed by atoms with Crippen LogP contribution >= 0.6 is 0 Å². The van der Waals surface area contributed by atoms with E-state index in [1.54, 1.807) is 50.6 Å². The van der Waals surface area contributed by atoms with Crippen LogP contribution in [0.1, 0.15) is 31.8 Å². The highest BCUT2D eigenvalue weighted by molar-refractivity contribution is 5.95. The Balaban J connectivity index is 1.99. The van der Waals surface area contributed by atoms with E-state index in [0.29, 0.717) is 30.0 Å². The number of aromatic carboxylic acids is 1. The molecule has 132 valence electrons.